The summed E-state index contributed by atoms with van der Waals surface area (Å²) in [6.07, 6.45) is 5.54. The first-order chi connectivity index (χ1) is 7.65. The fourth-order valence-electron chi connectivity index (χ4n) is 1.91. The lowest BCUT2D eigenvalue weighted by molar-refractivity contribution is 0.0968. The van der Waals surface area contributed by atoms with Crippen LogP contribution in [-0.4, -0.2) is 12.3 Å². The molecule has 0 bridgehead atoms. The summed E-state index contributed by atoms with van der Waals surface area (Å²) in [6, 6.07) is 1.72. The highest BCUT2D eigenvalue weighted by molar-refractivity contribution is 5.95. The average molecular weight is 223 g/mol. The Morgan fingerprint density at radius 1 is 1.44 bits per heavy atom. The van der Waals surface area contributed by atoms with Crippen molar-refractivity contribution in [3.63, 3.8) is 0 Å². The smallest absolute Gasteiger partial charge is 0.166 e. The van der Waals surface area contributed by atoms with Crippen molar-refractivity contribution in [2.45, 2.75) is 33.1 Å². The first-order valence-corrected chi connectivity index (χ1v) is 5.90. The summed E-state index contributed by atoms with van der Waals surface area (Å²) in [6.45, 7) is 5.06. The molecule has 1 rings (SSSR count). The van der Waals surface area contributed by atoms with E-state index in [-0.39, 0.29) is 5.78 Å². The van der Waals surface area contributed by atoms with E-state index in [9.17, 15) is 4.79 Å². The molecular weight excluding hydrogens is 202 g/mol. The number of nitrogens with two attached hydrogens (primary N) is 1. The minimum Gasteiger partial charge on any atom is -0.472 e. The Hall–Kier alpha value is -1.09. The molecule has 0 saturated heterocycles. The predicted molar refractivity (Wildman–Crippen MR) is 64.3 cm³/mol. The van der Waals surface area contributed by atoms with Crippen LogP contribution in [-0.2, 0) is 0 Å². The third-order valence-corrected chi connectivity index (χ3v) is 3.07. The lowest BCUT2D eigenvalue weighted by atomic mass is 9.87. The summed E-state index contributed by atoms with van der Waals surface area (Å²) in [7, 11) is 0. The van der Waals surface area contributed by atoms with E-state index < -0.39 is 0 Å². The van der Waals surface area contributed by atoms with Crippen LogP contribution in [0.3, 0.4) is 0 Å². The van der Waals surface area contributed by atoms with Crippen molar-refractivity contribution in [1.82, 2.24) is 0 Å². The molecular formula is C13H21NO2. The maximum Gasteiger partial charge on any atom is 0.166 e. The van der Waals surface area contributed by atoms with Crippen molar-refractivity contribution in [2.24, 2.45) is 17.6 Å². The molecule has 0 aromatic carbocycles. The van der Waals surface area contributed by atoms with E-state index in [0.717, 1.165) is 12.8 Å². The SMILES string of the molecule is CC(C)C(CCN)CCC(=O)c1ccoc1. The Morgan fingerprint density at radius 2 is 2.19 bits per heavy atom. The quantitative estimate of drug-likeness (QED) is 0.723. The predicted octanol–water partition coefficient (Wildman–Crippen LogP) is 2.86. The van der Waals surface area contributed by atoms with Crippen LogP contribution in [0.2, 0.25) is 0 Å². The van der Waals surface area contributed by atoms with Crippen LogP contribution in [0.1, 0.15) is 43.5 Å². The summed E-state index contributed by atoms with van der Waals surface area (Å²) in [5.41, 5.74) is 6.24. The molecule has 90 valence electrons. The zero-order chi connectivity index (χ0) is 12.0. The van der Waals surface area contributed by atoms with Gasteiger partial charge in [0.1, 0.15) is 6.26 Å². The van der Waals surface area contributed by atoms with Gasteiger partial charge in [-0.2, -0.15) is 0 Å². The van der Waals surface area contributed by atoms with Gasteiger partial charge in [0.05, 0.1) is 11.8 Å². The standard InChI is InChI=1S/C13H21NO2/c1-10(2)11(5-7-14)3-4-13(15)12-6-8-16-9-12/h6,8-11H,3-5,7,14H2,1-2H3. The van der Waals surface area contributed by atoms with Gasteiger partial charge in [0.15, 0.2) is 5.78 Å². The summed E-state index contributed by atoms with van der Waals surface area (Å²) in [4.78, 5) is 11.7. The molecule has 0 radical (unpaired) electrons. The summed E-state index contributed by atoms with van der Waals surface area (Å²) in [5, 5.41) is 0. The molecule has 2 N–H and O–H groups in total. The van der Waals surface area contributed by atoms with E-state index in [1.54, 1.807) is 6.07 Å². The fraction of sp³-hybridized carbons (Fsp3) is 0.615. The minimum atomic E-state index is 0.163. The van der Waals surface area contributed by atoms with Crippen LogP contribution < -0.4 is 5.73 Å². The molecule has 0 spiro atoms. The van der Waals surface area contributed by atoms with Gasteiger partial charge in [-0.1, -0.05) is 13.8 Å². The van der Waals surface area contributed by atoms with Gasteiger partial charge < -0.3 is 10.2 Å². The van der Waals surface area contributed by atoms with E-state index in [2.05, 4.69) is 13.8 Å². The number of ketones is 1. The molecule has 1 unspecified atom stereocenters. The van der Waals surface area contributed by atoms with Crippen molar-refractivity contribution >= 4 is 5.78 Å². The zero-order valence-electron chi connectivity index (χ0n) is 10.1. The molecule has 0 aliphatic rings. The largest absolute Gasteiger partial charge is 0.472 e. The number of rotatable bonds is 7. The number of hydrogen-bond acceptors (Lipinski definition) is 3. The van der Waals surface area contributed by atoms with Gasteiger partial charge in [0.25, 0.3) is 0 Å². The number of carbonyl (C=O) groups is 1. The van der Waals surface area contributed by atoms with Gasteiger partial charge in [-0.3, -0.25) is 4.79 Å². The van der Waals surface area contributed by atoms with Crippen molar-refractivity contribution in [2.75, 3.05) is 6.54 Å². The van der Waals surface area contributed by atoms with Crippen molar-refractivity contribution in [3.8, 4) is 0 Å². The van der Waals surface area contributed by atoms with Crippen LogP contribution in [0.25, 0.3) is 0 Å². The van der Waals surface area contributed by atoms with Gasteiger partial charge in [0, 0.05) is 6.42 Å². The van der Waals surface area contributed by atoms with E-state index in [0.29, 0.717) is 30.4 Å². The Balaban J connectivity index is 2.40. The molecule has 16 heavy (non-hydrogen) atoms. The van der Waals surface area contributed by atoms with Gasteiger partial charge in [-0.05, 0) is 37.3 Å². The number of carbonyl (C=O) groups excluding carboxylic acids is 1. The molecule has 1 aromatic rings. The molecule has 1 aromatic heterocycles. The molecule has 0 saturated carbocycles. The molecule has 0 aliphatic heterocycles. The summed E-state index contributed by atoms with van der Waals surface area (Å²) >= 11 is 0. The number of hydrogen-bond donors (Lipinski definition) is 1. The van der Waals surface area contributed by atoms with Gasteiger partial charge in [-0.25, -0.2) is 0 Å². The topological polar surface area (TPSA) is 56.2 Å². The zero-order valence-corrected chi connectivity index (χ0v) is 10.1. The Kier molecular flexibility index (Phi) is 5.26. The molecule has 1 heterocycles. The second-order valence-corrected chi connectivity index (χ2v) is 4.56. The highest BCUT2D eigenvalue weighted by atomic mass is 16.3. The van der Waals surface area contributed by atoms with Crippen LogP contribution >= 0.6 is 0 Å². The molecule has 0 amide bonds. The Labute approximate surface area is 97.0 Å². The highest BCUT2D eigenvalue weighted by Crippen LogP contribution is 2.21. The normalized spacial score (nSPS) is 13.0. The lowest BCUT2D eigenvalue weighted by Crippen LogP contribution is -2.15. The lowest BCUT2D eigenvalue weighted by Gasteiger charge is -2.19. The second kappa shape index (κ2) is 6.48. The maximum atomic E-state index is 11.7. The summed E-state index contributed by atoms with van der Waals surface area (Å²) < 4.78 is 4.90. The molecule has 3 nitrogen and oxygen atoms in total. The van der Waals surface area contributed by atoms with Gasteiger partial charge >= 0.3 is 0 Å². The third-order valence-electron chi connectivity index (χ3n) is 3.07. The Bertz CT molecular complexity index is 304. The van der Waals surface area contributed by atoms with Crippen molar-refractivity contribution in [3.05, 3.63) is 24.2 Å². The molecule has 1 atom stereocenters. The molecule has 3 heteroatoms. The fourth-order valence-corrected chi connectivity index (χ4v) is 1.91. The van der Waals surface area contributed by atoms with E-state index in [1.165, 1.54) is 12.5 Å². The van der Waals surface area contributed by atoms with Crippen LogP contribution in [0, 0.1) is 11.8 Å². The first-order valence-electron chi connectivity index (χ1n) is 5.90. The highest BCUT2D eigenvalue weighted by Gasteiger charge is 2.15. The minimum absolute atomic E-state index is 0.163. The van der Waals surface area contributed by atoms with E-state index in [4.69, 9.17) is 10.2 Å². The van der Waals surface area contributed by atoms with Gasteiger partial charge in [-0.15, -0.1) is 0 Å². The van der Waals surface area contributed by atoms with Crippen LogP contribution in [0.5, 0.6) is 0 Å². The average Bonchev–Trinajstić information content (AvgIpc) is 2.76. The van der Waals surface area contributed by atoms with E-state index in [1.807, 2.05) is 0 Å². The van der Waals surface area contributed by atoms with E-state index >= 15 is 0 Å². The first kappa shape index (κ1) is 13.0. The number of furan rings is 1. The maximum absolute atomic E-state index is 11.7. The van der Waals surface area contributed by atoms with Crippen molar-refractivity contribution < 1.29 is 9.21 Å². The molecule has 0 aliphatic carbocycles. The van der Waals surface area contributed by atoms with Gasteiger partial charge in [0.2, 0.25) is 0 Å². The number of Topliss-reactive ketones (excluding diaryl/α,β-unsaturated/α-hetero) is 1. The molecule has 0 fully saturated rings. The van der Waals surface area contributed by atoms with Crippen LogP contribution in [0.4, 0.5) is 0 Å². The summed E-state index contributed by atoms with van der Waals surface area (Å²) in [5.74, 6) is 1.29. The van der Waals surface area contributed by atoms with Crippen LogP contribution in [0.15, 0.2) is 23.0 Å². The third kappa shape index (κ3) is 3.81. The second-order valence-electron chi connectivity index (χ2n) is 4.56. The van der Waals surface area contributed by atoms with Crippen molar-refractivity contribution in [1.29, 1.82) is 0 Å². The monoisotopic (exact) mass is 223 g/mol. The Morgan fingerprint density at radius 3 is 2.69 bits per heavy atom.